The highest BCUT2D eigenvalue weighted by Crippen LogP contribution is 2.37. The van der Waals surface area contributed by atoms with Crippen LogP contribution in [0.5, 0.6) is 0 Å². The molecule has 0 heterocycles. The van der Waals surface area contributed by atoms with Crippen molar-refractivity contribution >= 4 is 0 Å². The molecule has 2 N–H and O–H groups in total. The van der Waals surface area contributed by atoms with Gasteiger partial charge in [-0.25, -0.2) is 0 Å². The van der Waals surface area contributed by atoms with Crippen LogP contribution in [0.2, 0.25) is 0 Å². The summed E-state index contributed by atoms with van der Waals surface area (Å²) in [6.45, 7) is 2.13. The van der Waals surface area contributed by atoms with Gasteiger partial charge in [0.2, 0.25) is 0 Å². The Morgan fingerprint density at radius 3 is 2.78 bits per heavy atom. The first-order valence-electron chi connectivity index (χ1n) is 6.63. The molecule has 2 atom stereocenters. The Hall–Kier alpha value is -1.60. The van der Waals surface area contributed by atoms with Crippen molar-refractivity contribution < 1.29 is 0 Å². The maximum absolute atomic E-state index is 6.38. The molecule has 0 radical (unpaired) electrons. The summed E-state index contributed by atoms with van der Waals surface area (Å²) in [5, 5.41) is 0. The molecule has 0 aliphatic heterocycles. The van der Waals surface area contributed by atoms with E-state index in [-0.39, 0.29) is 6.04 Å². The lowest BCUT2D eigenvalue weighted by Crippen LogP contribution is -2.37. The van der Waals surface area contributed by atoms with Gasteiger partial charge in [0.15, 0.2) is 0 Å². The summed E-state index contributed by atoms with van der Waals surface area (Å²) in [5.41, 5.74) is 12.0. The van der Waals surface area contributed by atoms with Crippen LogP contribution in [0.25, 0.3) is 0 Å². The third kappa shape index (κ3) is 2.06. The zero-order valence-electron chi connectivity index (χ0n) is 10.8. The van der Waals surface area contributed by atoms with Gasteiger partial charge in [0.05, 0.1) is 0 Å². The van der Waals surface area contributed by atoms with Gasteiger partial charge in [0.25, 0.3) is 0 Å². The molecule has 0 fully saturated rings. The summed E-state index contributed by atoms with van der Waals surface area (Å²) < 4.78 is 0. The average molecular weight is 237 g/mol. The van der Waals surface area contributed by atoms with Gasteiger partial charge >= 0.3 is 0 Å². The van der Waals surface area contributed by atoms with Crippen LogP contribution in [0.3, 0.4) is 0 Å². The SMILES string of the molecule is Cc1cccc(CC(N)C2Cc3ccccc32)c1. The van der Waals surface area contributed by atoms with E-state index < -0.39 is 0 Å². The fourth-order valence-electron chi connectivity index (χ4n) is 2.93. The lowest BCUT2D eigenvalue weighted by molar-refractivity contribution is 0.480. The fourth-order valence-corrected chi connectivity index (χ4v) is 2.93. The topological polar surface area (TPSA) is 26.0 Å². The molecule has 0 spiro atoms. The molecule has 0 saturated carbocycles. The molecule has 92 valence electrons. The number of hydrogen-bond donors (Lipinski definition) is 1. The normalized spacial score (nSPS) is 18.9. The number of nitrogens with two attached hydrogens (primary N) is 1. The molecular formula is C17H19N. The molecule has 0 bridgehead atoms. The van der Waals surface area contributed by atoms with Crippen molar-refractivity contribution in [2.24, 2.45) is 5.73 Å². The summed E-state index contributed by atoms with van der Waals surface area (Å²) in [4.78, 5) is 0. The van der Waals surface area contributed by atoms with Crippen LogP contribution in [0, 0.1) is 6.92 Å². The minimum absolute atomic E-state index is 0.238. The Labute approximate surface area is 109 Å². The van der Waals surface area contributed by atoms with Crippen LogP contribution in [0.4, 0.5) is 0 Å². The molecule has 1 nitrogen and oxygen atoms in total. The monoisotopic (exact) mass is 237 g/mol. The van der Waals surface area contributed by atoms with E-state index in [0.717, 1.165) is 12.8 Å². The van der Waals surface area contributed by atoms with Crippen LogP contribution < -0.4 is 5.73 Å². The molecule has 0 amide bonds. The molecule has 1 aliphatic rings. The minimum atomic E-state index is 0.238. The summed E-state index contributed by atoms with van der Waals surface area (Å²) in [6.07, 6.45) is 2.11. The molecule has 0 aromatic heterocycles. The molecule has 1 heteroatoms. The van der Waals surface area contributed by atoms with Crippen LogP contribution >= 0.6 is 0 Å². The zero-order valence-corrected chi connectivity index (χ0v) is 10.8. The standard InChI is InChI=1S/C17H19N/c1-12-5-4-6-13(9-12)10-17(18)16-11-14-7-2-3-8-15(14)16/h2-9,16-17H,10-11,18H2,1H3. The van der Waals surface area contributed by atoms with Crippen molar-refractivity contribution in [1.82, 2.24) is 0 Å². The smallest absolute Gasteiger partial charge is 0.0152 e. The number of aryl methyl sites for hydroxylation is 1. The van der Waals surface area contributed by atoms with Crippen molar-refractivity contribution in [3.63, 3.8) is 0 Å². The molecular weight excluding hydrogens is 218 g/mol. The third-order valence-electron chi connectivity index (χ3n) is 3.97. The quantitative estimate of drug-likeness (QED) is 0.871. The second-order valence-electron chi connectivity index (χ2n) is 5.37. The van der Waals surface area contributed by atoms with Gasteiger partial charge in [-0.2, -0.15) is 0 Å². The molecule has 2 unspecified atom stereocenters. The van der Waals surface area contributed by atoms with Crippen molar-refractivity contribution in [3.8, 4) is 0 Å². The third-order valence-corrected chi connectivity index (χ3v) is 3.97. The van der Waals surface area contributed by atoms with Crippen LogP contribution in [0.1, 0.15) is 28.2 Å². The van der Waals surface area contributed by atoms with Gasteiger partial charge < -0.3 is 5.73 Å². The van der Waals surface area contributed by atoms with E-state index in [2.05, 4.69) is 55.5 Å². The van der Waals surface area contributed by atoms with Crippen molar-refractivity contribution in [3.05, 3.63) is 70.8 Å². The highest BCUT2D eigenvalue weighted by atomic mass is 14.7. The molecule has 1 aliphatic carbocycles. The van der Waals surface area contributed by atoms with Crippen molar-refractivity contribution in [1.29, 1.82) is 0 Å². The van der Waals surface area contributed by atoms with Crippen LogP contribution in [-0.2, 0) is 12.8 Å². The predicted molar refractivity (Wildman–Crippen MR) is 75.7 cm³/mol. The Bertz CT molecular complexity index is 559. The fraction of sp³-hybridized carbons (Fsp3) is 0.294. The Balaban J connectivity index is 1.72. The van der Waals surface area contributed by atoms with E-state index in [1.54, 1.807) is 0 Å². The minimum Gasteiger partial charge on any atom is -0.327 e. The predicted octanol–water partition coefficient (Wildman–Crippen LogP) is 3.20. The summed E-state index contributed by atoms with van der Waals surface area (Å²) in [6, 6.07) is 17.6. The van der Waals surface area contributed by atoms with Crippen molar-refractivity contribution in [2.75, 3.05) is 0 Å². The maximum atomic E-state index is 6.38. The first-order valence-corrected chi connectivity index (χ1v) is 6.63. The van der Waals surface area contributed by atoms with Gasteiger partial charge in [0.1, 0.15) is 0 Å². The highest BCUT2D eigenvalue weighted by molar-refractivity contribution is 5.41. The summed E-state index contributed by atoms with van der Waals surface area (Å²) in [5.74, 6) is 0.543. The Morgan fingerprint density at radius 1 is 1.17 bits per heavy atom. The Kier molecular flexibility index (Phi) is 2.92. The lowest BCUT2D eigenvalue weighted by Gasteiger charge is -2.34. The van der Waals surface area contributed by atoms with Crippen LogP contribution in [-0.4, -0.2) is 6.04 Å². The van der Waals surface area contributed by atoms with E-state index in [0.29, 0.717) is 5.92 Å². The van der Waals surface area contributed by atoms with Gasteiger partial charge in [-0.05, 0) is 36.5 Å². The van der Waals surface area contributed by atoms with Crippen LogP contribution in [0.15, 0.2) is 48.5 Å². The number of rotatable bonds is 3. The number of fused-ring (bicyclic) bond motifs is 1. The van der Waals surface area contributed by atoms with Gasteiger partial charge in [0, 0.05) is 12.0 Å². The zero-order chi connectivity index (χ0) is 12.5. The maximum Gasteiger partial charge on any atom is 0.0152 e. The first kappa shape index (κ1) is 11.5. The van der Waals surface area contributed by atoms with Gasteiger partial charge in [-0.1, -0.05) is 54.1 Å². The highest BCUT2D eigenvalue weighted by Gasteiger charge is 2.30. The lowest BCUT2D eigenvalue weighted by atomic mass is 9.72. The first-order chi connectivity index (χ1) is 8.74. The molecule has 3 rings (SSSR count). The van der Waals surface area contributed by atoms with Crippen molar-refractivity contribution in [2.45, 2.75) is 31.7 Å². The average Bonchev–Trinajstić information content (AvgIpc) is 2.30. The second-order valence-corrected chi connectivity index (χ2v) is 5.37. The largest absolute Gasteiger partial charge is 0.327 e. The van der Waals surface area contributed by atoms with Gasteiger partial charge in [-0.15, -0.1) is 0 Å². The van der Waals surface area contributed by atoms with E-state index in [4.69, 9.17) is 5.73 Å². The number of hydrogen-bond acceptors (Lipinski definition) is 1. The molecule has 18 heavy (non-hydrogen) atoms. The van der Waals surface area contributed by atoms with E-state index in [1.165, 1.54) is 22.3 Å². The Morgan fingerprint density at radius 2 is 2.00 bits per heavy atom. The van der Waals surface area contributed by atoms with Gasteiger partial charge in [-0.3, -0.25) is 0 Å². The molecule has 2 aromatic carbocycles. The molecule has 0 saturated heterocycles. The summed E-state index contributed by atoms with van der Waals surface area (Å²) >= 11 is 0. The van der Waals surface area contributed by atoms with E-state index >= 15 is 0 Å². The van der Waals surface area contributed by atoms with E-state index in [9.17, 15) is 0 Å². The van der Waals surface area contributed by atoms with E-state index in [1.807, 2.05) is 0 Å². The number of benzene rings is 2. The summed E-state index contributed by atoms with van der Waals surface area (Å²) in [7, 11) is 0. The second kappa shape index (κ2) is 4.58. The molecule has 2 aromatic rings.